The summed E-state index contributed by atoms with van der Waals surface area (Å²) < 4.78 is 25.4. The van der Waals surface area contributed by atoms with Crippen molar-refractivity contribution < 1.29 is 18.7 Å². The molecule has 0 aromatic heterocycles. The first-order valence-corrected chi connectivity index (χ1v) is 4.30. The molecule has 0 saturated carbocycles. The van der Waals surface area contributed by atoms with Crippen LogP contribution in [0.2, 0.25) is 0 Å². The highest BCUT2D eigenvalue weighted by molar-refractivity contribution is 5.90. The minimum absolute atomic E-state index is 0.0252. The Labute approximate surface area is 89.9 Å². The molecule has 0 unspecified atom stereocenters. The van der Waals surface area contributed by atoms with Gasteiger partial charge in [0.25, 0.3) is 6.43 Å². The van der Waals surface area contributed by atoms with Crippen LogP contribution in [0.1, 0.15) is 33.5 Å². The largest absolute Gasteiger partial charge is 0.478 e. The van der Waals surface area contributed by atoms with E-state index in [1.807, 2.05) is 0 Å². The Morgan fingerprint density at radius 2 is 2.19 bits per heavy atom. The summed E-state index contributed by atoms with van der Waals surface area (Å²) in [6.45, 7) is -0.302. The maximum Gasteiger partial charge on any atom is 0.336 e. The smallest absolute Gasteiger partial charge is 0.336 e. The summed E-state index contributed by atoms with van der Waals surface area (Å²) in [4.78, 5) is 10.7. The second-order valence-corrected chi connectivity index (χ2v) is 2.97. The molecule has 0 heterocycles. The number of alkyl halides is 2. The average molecular weight is 226 g/mol. The molecule has 0 amide bonds. The predicted molar refractivity (Wildman–Crippen MR) is 51.0 cm³/mol. The van der Waals surface area contributed by atoms with Gasteiger partial charge in [0.15, 0.2) is 0 Å². The van der Waals surface area contributed by atoms with Crippen molar-refractivity contribution in [2.24, 2.45) is 5.73 Å². The van der Waals surface area contributed by atoms with Crippen LogP contribution in [0.3, 0.4) is 0 Å². The lowest BCUT2D eigenvalue weighted by Gasteiger charge is -2.11. The lowest BCUT2D eigenvalue weighted by molar-refractivity contribution is 0.0684. The number of benzene rings is 1. The lowest BCUT2D eigenvalue weighted by atomic mass is 9.96. The van der Waals surface area contributed by atoms with E-state index in [0.29, 0.717) is 0 Å². The van der Waals surface area contributed by atoms with Crippen LogP contribution in [0.15, 0.2) is 12.1 Å². The third-order valence-electron chi connectivity index (χ3n) is 2.13. The van der Waals surface area contributed by atoms with Gasteiger partial charge >= 0.3 is 5.97 Å². The normalized spacial score (nSPS) is 10.2. The van der Waals surface area contributed by atoms with E-state index in [2.05, 4.69) is 0 Å². The van der Waals surface area contributed by atoms with Gasteiger partial charge in [0.1, 0.15) is 0 Å². The van der Waals surface area contributed by atoms with Crippen molar-refractivity contribution in [3.8, 4) is 6.07 Å². The summed E-state index contributed by atoms with van der Waals surface area (Å²) in [5.74, 6) is -1.46. The SMILES string of the molecule is N#Cc1ccc(C(=O)O)c(C(F)F)c1CN. The molecule has 1 aromatic carbocycles. The molecule has 6 heteroatoms. The number of rotatable bonds is 3. The molecular formula is C10H8F2N2O2. The number of halogens is 2. The first-order valence-electron chi connectivity index (χ1n) is 4.30. The zero-order chi connectivity index (χ0) is 12.3. The molecule has 0 radical (unpaired) electrons. The minimum Gasteiger partial charge on any atom is -0.478 e. The van der Waals surface area contributed by atoms with Gasteiger partial charge in [-0.15, -0.1) is 0 Å². The van der Waals surface area contributed by atoms with Crippen LogP contribution in [-0.2, 0) is 6.54 Å². The van der Waals surface area contributed by atoms with Crippen LogP contribution in [0.25, 0.3) is 0 Å². The number of nitriles is 1. The van der Waals surface area contributed by atoms with E-state index in [1.54, 1.807) is 6.07 Å². The summed E-state index contributed by atoms with van der Waals surface area (Å²) in [6, 6.07) is 3.87. The average Bonchev–Trinajstić information content (AvgIpc) is 2.26. The van der Waals surface area contributed by atoms with Gasteiger partial charge in [-0.2, -0.15) is 5.26 Å². The molecule has 0 saturated heterocycles. The van der Waals surface area contributed by atoms with Gasteiger partial charge in [-0.05, 0) is 17.7 Å². The Morgan fingerprint density at radius 1 is 1.56 bits per heavy atom. The molecular weight excluding hydrogens is 218 g/mol. The van der Waals surface area contributed by atoms with E-state index in [9.17, 15) is 13.6 Å². The fraction of sp³-hybridized carbons (Fsp3) is 0.200. The Kier molecular flexibility index (Phi) is 3.53. The summed E-state index contributed by atoms with van der Waals surface area (Å²) in [5.41, 5.74) is 3.93. The Balaban J connectivity index is 3.58. The van der Waals surface area contributed by atoms with Gasteiger partial charge in [-0.3, -0.25) is 0 Å². The van der Waals surface area contributed by atoms with Gasteiger partial charge in [-0.1, -0.05) is 0 Å². The highest BCUT2D eigenvalue weighted by Gasteiger charge is 2.23. The maximum atomic E-state index is 12.7. The fourth-order valence-corrected chi connectivity index (χ4v) is 1.43. The maximum absolute atomic E-state index is 12.7. The summed E-state index contributed by atoms with van der Waals surface area (Å²) in [5, 5.41) is 17.4. The van der Waals surface area contributed by atoms with Gasteiger partial charge in [0, 0.05) is 12.1 Å². The van der Waals surface area contributed by atoms with Gasteiger partial charge < -0.3 is 10.8 Å². The zero-order valence-corrected chi connectivity index (χ0v) is 8.08. The number of nitrogens with zero attached hydrogens (tertiary/aromatic N) is 1. The second-order valence-electron chi connectivity index (χ2n) is 2.97. The molecule has 16 heavy (non-hydrogen) atoms. The molecule has 3 N–H and O–H groups in total. The van der Waals surface area contributed by atoms with Crippen molar-refractivity contribution in [3.05, 3.63) is 34.4 Å². The number of aromatic carboxylic acids is 1. The fourth-order valence-electron chi connectivity index (χ4n) is 1.43. The zero-order valence-electron chi connectivity index (χ0n) is 8.08. The van der Waals surface area contributed by atoms with Gasteiger partial charge in [-0.25, -0.2) is 13.6 Å². The summed E-state index contributed by atoms with van der Waals surface area (Å²) in [6.07, 6.45) is -2.97. The number of nitrogens with two attached hydrogens (primary N) is 1. The molecule has 4 nitrogen and oxygen atoms in total. The molecule has 84 valence electrons. The van der Waals surface area contributed by atoms with Crippen LogP contribution < -0.4 is 5.73 Å². The van der Waals surface area contributed by atoms with Crippen molar-refractivity contribution in [1.29, 1.82) is 5.26 Å². The molecule has 0 spiro atoms. The number of carbonyl (C=O) groups is 1. The van der Waals surface area contributed by atoms with Gasteiger partial charge in [0.05, 0.1) is 17.2 Å². The van der Waals surface area contributed by atoms with Crippen molar-refractivity contribution in [3.63, 3.8) is 0 Å². The molecule has 0 aliphatic heterocycles. The third kappa shape index (κ3) is 1.99. The first-order chi connectivity index (χ1) is 7.52. The highest BCUT2D eigenvalue weighted by Crippen LogP contribution is 2.29. The Hall–Kier alpha value is -2.00. The van der Waals surface area contributed by atoms with Crippen molar-refractivity contribution in [1.82, 2.24) is 0 Å². The van der Waals surface area contributed by atoms with Crippen molar-refractivity contribution >= 4 is 5.97 Å². The highest BCUT2D eigenvalue weighted by atomic mass is 19.3. The number of carboxylic acids is 1. The quantitative estimate of drug-likeness (QED) is 0.820. The monoisotopic (exact) mass is 226 g/mol. The standard InChI is InChI=1S/C10H8F2N2O2/c11-9(12)8-6(10(15)16)2-1-5(3-13)7(8)4-14/h1-2,9H,4,14H2,(H,15,16). The summed E-state index contributed by atoms with van der Waals surface area (Å²) >= 11 is 0. The molecule has 1 aromatic rings. The third-order valence-corrected chi connectivity index (χ3v) is 2.13. The van der Waals surface area contributed by atoms with E-state index in [-0.39, 0.29) is 17.7 Å². The molecule has 0 bridgehead atoms. The van der Waals surface area contributed by atoms with E-state index in [0.717, 1.165) is 6.07 Å². The molecule has 0 aliphatic carbocycles. The van der Waals surface area contributed by atoms with Crippen molar-refractivity contribution in [2.75, 3.05) is 0 Å². The van der Waals surface area contributed by atoms with Crippen molar-refractivity contribution in [2.45, 2.75) is 13.0 Å². The van der Waals surface area contributed by atoms with E-state index in [4.69, 9.17) is 16.1 Å². The number of hydrogen-bond acceptors (Lipinski definition) is 3. The van der Waals surface area contributed by atoms with Gasteiger partial charge in [0.2, 0.25) is 0 Å². The molecule has 0 aliphatic rings. The molecule has 1 rings (SSSR count). The summed E-state index contributed by atoms with van der Waals surface area (Å²) in [7, 11) is 0. The predicted octanol–water partition coefficient (Wildman–Crippen LogP) is 1.65. The lowest BCUT2D eigenvalue weighted by Crippen LogP contribution is -2.11. The van der Waals surface area contributed by atoms with Crippen LogP contribution in [-0.4, -0.2) is 11.1 Å². The molecule has 0 atom stereocenters. The number of carboxylic acid groups (broad SMARTS) is 1. The molecule has 0 fully saturated rings. The van der Waals surface area contributed by atoms with Crippen LogP contribution in [0, 0.1) is 11.3 Å². The Morgan fingerprint density at radius 3 is 2.56 bits per heavy atom. The second kappa shape index (κ2) is 4.68. The topological polar surface area (TPSA) is 87.1 Å². The van der Waals surface area contributed by atoms with E-state index in [1.165, 1.54) is 6.07 Å². The van der Waals surface area contributed by atoms with E-state index >= 15 is 0 Å². The minimum atomic E-state index is -2.97. The van der Waals surface area contributed by atoms with Crippen LogP contribution >= 0.6 is 0 Å². The first kappa shape index (κ1) is 12.1. The van der Waals surface area contributed by atoms with Crippen LogP contribution in [0.5, 0.6) is 0 Å². The Bertz CT molecular complexity index is 467. The van der Waals surface area contributed by atoms with Crippen LogP contribution in [0.4, 0.5) is 8.78 Å². The number of hydrogen-bond donors (Lipinski definition) is 2. The van der Waals surface area contributed by atoms with E-state index < -0.39 is 23.5 Å².